The number of carbonyl (C=O) groups is 3. The number of ketones is 1. The number of Topliss-reactive ketones (excluding diaryl/α,β-unsaturated/α-hetero) is 1. The second-order valence-corrected chi connectivity index (χ2v) is 6.77. The van der Waals surface area contributed by atoms with E-state index in [1.165, 1.54) is 0 Å². The average molecular weight is 387 g/mol. The Hall–Kier alpha value is -2.86. The first-order chi connectivity index (χ1) is 12.8. The van der Waals surface area contributed by atoms with E-state index < -0.39 is 17.5 Å². The fraction of sp³-hybridized carbons (Fsp3) is 0.250. The number of nitrogens with one attached hydrogen (secondary N) is 1. The molecule has 7 heteroatoms. The Morgan fingerprint density at radius 1 is 1.19 bits per heavy atom. The number of halogens is 1. The highest BCUT2D eigenvalue weighted by Crippen LogP contribution is 2.30. The molecule has 27 heavy (non-hydrogen) atoms. The number of benzene rings is 2. The molecule has 0 aromatic heterocycles. The largest absolute Gasteiger partial charge is 0.494 e. The van der Waals surface area contributed by atoms with Crippen molar-refractivity contribution in [3.8, 4) is 5.75 Å². The highest BCUT2D eigenvalue weighted by Gasteiger charge is 2.49. The molecule has 0 aliphatic carbocycles. The van der Waals surface area contributed by atoms with Crippen molar-refractivity contribution in [3.63, 3.8) is 0 Å². The zero-order valence-corrected chi connectivity index (χ0v) is 15.7. The number of ether oxygens (including phenoxy) is 1. The predicted molar refractivity (Wildman–Crippen MR) is 101 cm³/mol. The third-order valence-electron chi connectivity index (χ3n) is 4.47. The molecule has 2 aromatic rings. The molecule has 1 aliphatic heterocycles. The molecular weight excluding hydrogens is 368 g/mol. The van der Waals surface area contributed by atoms with Crippen LogP contribution in [-0.2, 0) is 10.3 Å². The summed E-state index contributed by atoms with van der Waals surface area (Å²) in [6, 6.07) is 12.7. The summed E-state index contributed by atoms with van der Waals surface area (Å²) in [5.41, 5.74) is -0.305. The normalized spacial score (nSPS) is 19.1. The summed E-state index contributed by atoms with van der Waals surface area (Å²) in [4.78, 5) is 38.7. The van der Waals surface area contributed by atoms with Gasteiger partial charge in [0.1, 0.15) is 11.3 Å². The highest BCUT2D eigenvalue weighted by molar-refractivity contribution is 6.30. The minimum Gasteiger partial charge on any atom is -0.494 e. The minimum atomic E-state index is -1.26. The van der Waals surface area contributed by atoms with E-state index in [4.69, 9.17) is 16.3 Å². The van der Waals surface area contributed by atoms with E-state index in [0.717, 1.165) is 4.90 Å². The van der Waals surface area contributed by atoms with Crippen molar-refractivity contribution >= 4 is 29.3 Å². The highest BCUT2D eigenvalue weighted by atomic mass is 35.5. The molecule has 0 spiro atoms. The topological polar surface area (TPSA) is 75.7 Å². The van der Waals surface area contributed by atoms with Gasteiger partial charge in [-0.15, -0.1) is 0 Å². The number of carbonyl (C=O) groups excluding carboxylic acids is 3. The van der Waals surface area contributed by atoms with Crippen LogP contribution < -0.4 is 10.1 Å². The minimum absolute atomic E-state index is 0.336. The first-order valence-electron chi connectivity index (χ1n) is 8.51. The van der Waals surface area contributed by atoms with E-state index in [-0.39, 0.29) is 12.3 Å². The Morgan fingerprint density at radius 2 is 1.89 bits per heavy atom. The van der Waals surface area contributed by atoms with E-state index in [1.807, 2.05) is 6.92 Å². The maximum atomic E-state index is 12.9. The van der Waals surface area contributed by atoms with Gasteiger partial charge in [0.25, 0.3) is 5.91 Å². The molecule has 0 radical (unpaired) electrons. The Bertz CT molecular complexity index is 897. The smallest absolute Gasteiger partial charge is 0.325 e. The van der Waals surface area contributed by atoms with Gasteiger partial charge >= 0.3 is 6.03 Å². The molecule has 1 aliphatic rings. The van der Waals surface area contributed by atoms with Crippen LogP contribution in [0, 0.1) is 0 Å². The molecule has 1 saturated heterocycles. The maximum absolute atomic E-state index is 12.9. The zero-order valence-electron chi connectivity index (χ0n) is 15.0. The number of hydrogen-bond donors (Lipinski definition) is 1. The molecule has 1 heterocycles. The predicted octanol–water partition coefficient (Wildman–Crippen LogP) is 3.39. The molecule has 1 unspecified atom stereocenters. The van der Waals surface area contributed by atoms with Crippen LogP contribution in [0.5, 0.6) is 5.75 Å². The van der Waals surface area contributed by atoms with Crippen LogP contribution in [0.2, 0.25) is 5.02 Å². The van der Waals surface area contributed by atoms with Crippen LogP contribution in [0.3, 0.4) is 0 Å². The van der Waals surface area contributed by atoms with Gasteiger partial charge in [0, 0.05) is 10.6 Å². The Labute approximate surface area is 162 Å². The average Bonchev–Trinajstić information content (AvgIpc) is 2.87. The lowest BCUT2D eigenvalue weighted by molar-refractivity contribution is -0.130. The quantitative estimate of drug-likeness (QED) is 0.610. The summed E-state index contributed by atoms with van der Waals surface area (Å²) in [5, 5.41) is 3.12. The number of rotatable bonds is 6. The van der Waals surface area contributed by atoms with E-state index in [9.17, 15) is 14.4 Å². The van der Waals surface area contributed by atoms with E-state index in [0.29, 0.717) is 28.5 Å². The van der Waals surface area contributed by atoms with Crippen LogP contribution in [0.4, 0.5) is 4.79 Å². The second-order valence-electron chi connectivity index (χ2n) is 6.34. The zero-order chi connectivity index (χ0) is 19.6. The second kappa shape index (κ2) is 7.40. The van der Waals surface area contributed by atoms with Crippen LogP contribution >= 0.6 is 11.6 Å². The summed E-state index contributed by atoms with van der Waals surface area (Å²) < 4.78 is 5.34. The van der Waals surface area contributed by atoms with Crippen molar-refractivity contribution < 1.29 is 19.1 Å². The first-order valence-corrected chi connectivity index (χ1v) is 8.89. The molecule has 1 N–H and O–H groups in total. The molecular formula is C20H19ClN2O4. The monoisotopic (exact) mass is 386 g/mol. The lowest BCUT2D eigenvalue weighted by atomic mass is 9.92. The molecule has 1 fully saturated rings. The third kappa shape index (κ3) is 3.66. The van der Waals surface area contributed by atoms with Gasteiger partial charge in [-0.2, -0.15) is 0 Å². The van der Waals surface area contributed by atoms with E-state index in [1.54, 1.807) is 55.5 Å². The summed E-state index contributed by atoms with van der Waals surface area (Å²) in [6.45, 7) is 3.65. The summed E-state index contributed by atoms with van der Waals surface area (Å²) in [7, 11) is 0. The molecule has 0 saturated carbocycles. The maximum Gasteiger partial charge on any atom is 0.325 e. The molecule has 3 amide bonds. The van der Waals surface area contributed by atoms with Crippen LogP contribution in [0.25, 0.3) is 0 Å². The summed E-state index contributed by atoms with van der Waals surface area (Å²) in [5.74, 6) is -0.177. The first kappa shape index (κ1) is 18.9. The molecule has 0 bridgehead atoms. The molecule has 3 rings (SSSR count). The van der Waals surface area contributed by atoms with Gasteiger partial charge in [0.2, 0.25) is 0 Å². The van der Waals surface area contributed by atoms with Crippen molar-refractivity contribution in [2.24, 2.45) is 0 Å². The van der Waals surface area contributed by atoms with Crippen LogP contribution in [-0.4, -0.2) is 35.8 Å². The number of hydrogen-bond acceptors (Lipinski definition) is 4. The SMILES string of the molecule is CCOc1ccc(C(=O)CN2C(=O)NC(C)(c3cccc(Cl)c3)C2=O)cc1. The van der Waals surface area contributed by atoms with Crippen molar-refractivity contribution in [3.05, 3.63) is 64.7 Å². The fourth-order valence-electron chi connectivity index (χ4n) is 2.97. The lowest BCUT2D eigenvalue weighted by Gasteiger charge is -2.22. The number of amides is 3. The fourth-order valence-corrected chi connectivity index (χ4v) is 3.16. The van der Waals surface area contributed by atoms with E-state index in [2.05, 4.69) is 5.32 Å². The Kier molecular flexibility index (Phi) is 5.19. The standard InChI is InChI=1S/C20H19ClN2O4/c1-3-27-16-9-7-13(8-10-16)17(24)12-23-18(25)20(2,22-19(23)26)14-5-4-6-15(21)11-14/h4-11H,3,12H2,1-2H3,(H,22,26). The van der Waals surface area contributed by atoms with Crippen molar-refractivity contribution in [1.82, 2.24) is 10.2 Å². The van der Waals surface area contributed by atoms with Crippen molar-refractivity contribution in [2.45, 2.75) is 19.4 Å². The number of imide groups is 1. The van der Waals surface area contributed by atoms with E-state index >= 15 is 0 Å². The molecule has 1 atom stereocenters. The molecule has 140 valence electrons. The summed E-state index contributed by atoms with van der Waals surface area (Å²) >= 11 is 6.00. The van der Waals surface area contributed by atoms with Crippen molar-refractivity contribution in [1.29, 1.82) is 0 Å². The van der Waals surface area contributed by atoms with Crippen molar-refractivity contribution in [2.75, 3.05) is 13.2 Å². The third-order valence-corrected chi connectivity index (χ3v) is 4.70. The lowest BCUT2D eigenvalue weighted by Crippen LogP contribution is -2.41. The van der Waals surface area contributed by atoms with Gasteiger partial charge in [-0.25, -0.2) is 4.79 Å². The number of nitrogens with zero attached hydrogens (tertiary/aromatic N) is 1. The number of urea groups is 1. The summed E-state index contributed by atoms with van der Waals surface area (Å²) in [6.07, 6.45) is 0. The Morgan fingerprint density at radius 3 is 2.52 bits per heavy atom. The van der Waals surface area contributed by atoms with Gasteiger partial charge < -0.3 is 10.1 Å². The van der Waals surface area contributed by atoms with Gasteiger partial charge in [-0.3, -0.25) is 14.5 Å². The van der Waals surface area contributed by atoms with Gasteiger partial charge in [0.05, 0.1) is 13.2 Å². The van der Waals surface area contributed by atoms with Gasteiger partial charge in [-0.1, -0.05) is 23.7 Å². The van der Waals surface area contributed by atoms with Gasteiger partial charge in [-0.05, 0) is 55.8 Å². The van der Waals surface area contributed by atoms with Gasteiger partial charge in [0.15, 0.2) is 5.78 Å². The molecule has 6 nitrogen and oxygen atoms in total. The van der Waals surface area contributed by atoms with Crippen LogP contribution in [0.1, 0.15) is 29.8 Å². The Balaban J connectivity index is 1.78. The van der Waals surface area contributed by atoms with Crippen LogP contribution in [0.15, 0.2) is 48.5 Å². The molecule has 2 aromatic carbocycles.